The van der Waals surface area contributed by atoms with Crippen LogP contribution in [0, 0.1) is 6.92 Å². The molecule has 2 aromatic carbocycles. The van der Waals surface area contributed by atoms with E-state index in [1.807, 2.05) is 43.3 Å². The van der Waals surface area contributed by atoms with Crippen molar-refractivity contribution in [3.05, 3.63) is 64.7 Å². The Morgan fingerprint density at radius 1 is 1.00 bits per heavy atom. The zero-order valence-corrected chi connectivity index (χ0v) is 14.5. The minimum Gasteiger partial charge on any atom is -0.223 e. The number of hydrogen-bond donors (Lipinski definition) is 0. The van der Waals surface area contributed by atoms with E-state index in [4.69, 9.17) is 11.6 Å². The van der Waals surface area contributed by atoms with Crippen LogP contribution in [0.15, 0.2) is 53.4 Å². The van der Waals surface area contributed by atoms with E-state index in [1.165, 1.54) is 5.56 Å². The van der Waals surface area contributed by atoms with Gasteiger partial charge in [-0.15, -0.1) is 0 Å². The van der Waals surface area contributed by atoms with Crippen LogP contribution in [0.4, 0.5) is 0 Å². The number of hydrogen-bond acceptors (Lipinski definition) is 2. The molecule has 0 spiro atoms. The van der Waals surface area contributed by atoms with E-state index >= 15 is 0 Å². The normalized spacial score (nSPS) is 13.0. The first-order chi connectivity index (χ1) is 10.4. The lowest BCUT2D eigenvalue weighted by Gasteiger charge is -2.13. The molecular weight excluding hydrogens is 316 g/mol. The third-order valence-electron chi connectivity index (χ3n) is 3.87. The summed E-state index contributed by atoms with van der Waals surface area (Å²) in [4.78, 5) is 0.414. The first-order valence-corrected chi connectivity index (χ1v) is 9.37. The summed E-state index contributed by atoms with van der Waals surface area (Å²) >= 11 is 5.86. The maximum atomic E-state index is 12.5. The fourth-order valence-electron chi connectivity index (χ4n) is 2.36. The molecule has 0 aliphatic rings. The second-order valence-corrected chi connectivity index (χ2v) is 8.49. The Hall–Kier alpha value is -1.32. The molecule has 1 unspecified atom stereocenters. The van der Waals surface area contributed by atoms with Crippen LogP contribution < -0.4 is 0 Å². The van der Waals surface area contributed by atoms with E-state index in [0.29, 0.717) is 11.3 Å². The average Bonchev–Trinajstić information content (AvgIpc) is 2.49. The quantitative estimate of drug-likeness (QED) is 0.756. The van der Waals surface area contributed by atoms with Crippen molar-refractivity contribution in [2.45, 2.75) is 43.3 Å². The fraction of sp³-hybridized carbons (Fsp3) is 0.333. The summed E-state index contributed by atoms with van der Waals surface area (Å²) in [5.74, 6) is 0. The predicted molar refractivity (Wildman–Crippen MR) is 92.2 cm³/mol. The predicted octanol–water partition coefficient (Wildman–Crippen LogP) is 4.83. The molecule has 0 saturated heterocycles. The number of benzene rings is 2. The molecule has 2 aromatic rings. The fourth-order valence-corrected chi connectivity index (χ4v) is 3.94. The maximum absolute atomic E-state index is 12.5. The summed E-state index contributed by atoms with van der Waals surface area (Å²) in [7, 11) is -3.24. The Bertz CT molecular complexity index is 704. The third-order valence-corrected chi connectivity index (χ3v) is 6.34. The van der Waals surface area contributed by atoms with Crippen molar-refractivity contribution in [2.24, 2.45) is 0 Å². The van der Waals surface area contributed by atoms with Gasteiger partial charge >= 0.3 is 0 Å². The SMILES string of the molecule is Cc1ccc(S(=O)(=O)C(C)CCCc2ccc(Cl)cc2)cc1. The molecule has 2 nitrogen and oxygen atoms in total. The Kier molecular flexibility index (Phi) is 5.65. The van der Waals surface area contributed by atoms with Crippen molar-refractivity contribution in [2.75, 3.05) is 0 Å². The Morgan fingerprint density at radius 2 is 1.59 bits per heavy atom. The number of sulfone groups is 1. The molecule has 0 fully saturated rings. The van der Waals surface area contributed by atoms with Gasteiger partial charge < -0.3 is 0 Å². The molecular formula is C18H21ClO2S. The van der Waals surface area contributed by atoms with Gasteiger partial charge in [0.15, 0.2) is 9.84 Å². The van der Waals surface area contributed by atoms with Gasteiger partial charge in [-0.2, -0.15) is 0 Å². The number of rotatable bonds is 6. The van der Waals surface area contributed by atoms with Gasteiger partial charge in [0.25, 0.3) is 0 Å². The van der Waals surface area contributed by atoms with E-state index in [-0.39, 0.29) is 5.25 Å². The monoisotopic (exact) mass is 336 g/mol. The lowest BCUT2D eigenvalue weighted by atomic mass is 10.1. The molecule has 0 aliphatic heterocycles. The minimum atomic E-state index is -3.24. The van der Waals surface area contributed by atoms with Gasteiger partial charge in [-0.25, -0.2) is 8.42 Å². The van der Waals surface area contributed by atoms with Gasteiger partial charge in [-0.1, -0.05) is 41.4 Å². The van der Waals surface area contributed by atoms with Gasteiger partial charge in [-0.3, -0.25) is 0 Å². The molecule has 0 saturated carbocycles. The summed E-state index contributed by atoms with van der Waals surface area (Å²) < 4.78 is 25.0. The van der Waals surface area contributed by atoms with Crippen molar-refractivity contribution in [1.29, 1.82) is 0 Å². The van der Waals surface area contributed by atoms with Crippen molar-refractivity contribution < 1.29 is 8.42 Å². The molecule has 22 heavy (non-hydrogen) atoms. The van der Waals surface area contributed by atoms with E-state index in [9.17, 15) is 8.42 Å². The Labute approximate surface area is 138 Å². The van der Waals surface area contributed by atoms with Crippen LogP contribution in [0.5, 0.6) is 0 Å². The second kappa shape index (κ2) is 7.30. The van der Waals surface area contributed by atoms with Gasteiger partial charge in [0.1, 0.15) is 0 Å². The summed E-state index contributed by atoms with van der Waals surface area (Å²) in [6, 6.07) is 14.8. The van der Waals surface area contributed by atoms with E-state index in [2.05, 4.69) is 0 Å². The third kappa shape index (κ3) is 4.34. The first kappa shape index (κ1) is 17.0. The molecule has 0 amide bonds. The van der Waals surface area contributed by atoms with Gasteiger partial charge in [0.05, 0.1) is 10.1 Å². The highest BCUT2D eigenvalue weighted by atomic mass is 35.5. The summed E-state index contributed by atoms with van der Waals surface area (Å²) in [6.07, 6.45) is 2.36. The average molecular weight is 337 g/mol. The van der Waals surface area contributed by atoms with Crippen LogP contribution in [-0.4, -0.2) is 13.7 Å². The molecule has 2 rings (SSSR count). The maximum Gasteiger partial charge on any atom is 0.180 e. The molecule has 1 atom stereocenters. The van der Waals surface area contributed by atoms with Crippen LogP contribution in [0.25, 0.3) is 0 Å². The first-order valence-electron chi connectivity index (χ1n) is 7.44. The lowest BCUT2D eigenvalue weighted by molar-refractivity contribution is 0.572. The molecule has 118 valence electrons. The lowest BCUT2D eigenvalue weighted by Crippen LogP contribution is -2.18. The van der Waals surface area contributed by atoms with Crippen molar-refractivity contribution >= 4 is 21.4 Å². The molecule has 0 bridgehead atoms. The molecule has 0 heterocycles. The van der Waals surface area contributed by atoms with Gasteiger partial charge in [0, 0.05) is 5.02 Å². The van der Waals surface area contributed by atoms with Crippen LogP contribution in [0.3, 0.4) is 0 Å². The Morgan fingerprint density at radius 3 is 2.18 bits per heavy atom. The molecule has 4 heteroatoms. The van der Waals surface area contributed by atoms with Crippen molar-refractivity contribution in [1.82, 2.24) is 0 Å². The van der Waals surface area contributed by atoms with E-state index < -0.39 is 9.84 Å². The summed E-state index contributed by atoms with van der Waals surface area (Å²) in [6.45, 7) is 3.74. The highest BCUT2D eigenvalue weighted by Crippen LogP contribution is 2.21. The largest absolute Gasteiger partial charge is 0.223 e. The number of aryl methyl sites for hydroxylation is 2. The second-order valence-electron chi connectivity index (χ2n) is 5.69. The van der Waals surface area contributed by atoms with Gasteiger partial charge in [0.2, 0.25) is 0 Å². The van der Waals surface area contributed by atoms with E-state index in [1.54, 1.807) is 19.1 Å². The molecule has 0 aliphatic carbocycles. The smallest absolute Gasteiger partial charge is 0.180 e. The minimum absolute atomic E-state index is 0.373. The number of halogens is 1. The van der Waals surface area contributed by atoms with Crippen LogP contribution >= 0.6 is 11.6 Å². The van der Waals surface area contributed by atoms with Crippen LogP contribution in [-0.2, 0) is 16.3 Å². The van der Waals surface area contributed by atoms with E-state index in [0.717, 1.165) is 23.4 Å². The highest BCUT2D eigenvalue weighted by Gasteiger charge is 2.22. The van der Waals surface area contributed by atoms with Crippen LogP contribution in [0.2, 0.25) is 5.02 Å². The standard InChI is InChI=1S/C18H21ClO2S/c1-14-6-12-18(13-7-14)22(20,21)15(2)4-3-5-16-8-10-17(19)11-9-16/h6-13,15H,3-5H2,1-2H3. The topological polar surface area (TPSA) is 34.1 Å². The highest BCUT2D eigenvalue weighted by molar-refractivity contribution is 7.92. The summed E-state index contributed by atoms with van der Waals surface area (Å²) in [5.41, 5.74) is 2.25. The molecule has 0 N–H and O–H groups in total. The zero-order chi connectivity index (χ0) is 16.2. The summed E-state index contributed by atoms with van der Waals surface area (Å²) in [5, 5.41) is 0.349. The van der Waals surface area contributed by atoms with Crippen LogP contribution in [0.1, 0.15) is 30.9 Å². The van der Waals surface area contributed by atoms with Crippen molar-refractivity contribution in [3.63, 3.8) is 0 Å². The molecule has 0 radical (unpaired) electrons. The molecule has 0 aromatic heterocycles. The van der Waals surface area contributed by atoms with Crippen molar-refractivity contribution in [3.8, 4) is 0 Å². The Balaban J connectivity index is 1.94. The van der Waals surface area contributed by atoms with Gasteiger partial charge in [-0.05, 0) is 62.9 Å². The zero-order valence-electron chi connectivity index (χ0n) is 12.9.